The van der Waals surface area contributed by atoms with Crippen LogP contribution in [0.15, 0.2) is 48.5 Å². The Morgan fingerprint density at radius 1 is 0.600 bits per heavy atom. The normalized spacial score (nSPS) is 10.3. The monoisotopic (exact) mass is 270 g/mol. The van der Waals surface area contributed by atoms with Crippen LogP contribution < -0.4 is 9.47 Å². The van der Waals surface area contributed by atoms with E-state index in [9.17, 15) is 0 Å². The number of rotatable bonds is 7. The van der Waals surface area contributed by atoms with Crippen molar-refractivity contribution in [2.24, 2.45) is 0 Å². The van der Waals surface area contributed by atoms with Gasteiger partial charge in [0.05, 0.1) is 13.2 Å². The van der Waals surface area contributed by atoms with E-state index >= 15 is 0 Å². The molecule has 0 aliphatic carbocycles. The van der Waals surface area contributed by atoms with Gasteiger partial charge in [-0.25, -0.2) is 0 Å². The summed E-state index contributed by atoms with van der Waals surface area (Å²) in [6, 6.07) is 16.4. The summed E-state index contributed by atoms with van der Waals surface area (Å²) in [6.45, 7) is 5.75. The molecule has 0 radical (unpaired) electrons. The van der Waals surface area contributed by atoms with E-state index < -0.39 is 0 Å². The lowest BCUT2D eigenvalue weighted by atomic mass is 10.1. The topological polar surface area (TPSA) is 18.5 Å². The lowest BCUT2D eigenvalue weighted by Gasteiger charge is -2.08. The average Bonchev–Trinajstić information content (AvgIpc) is 2.52. The fraction of sp³-hybridized carbons (Fsp3) is 0.333. The Labute approximate surface area is 121 Å². The van der Waals surface area contributed by atoms with Gasteiger partial charge in [-0.05, 0) is 48.2 Å². The van der Waals surface area contributed by atoms with Gasteiger partial charge in [0.2, 0.25) is 0 Å². The molecule has 2 aromatic rings. The quantitative estimate of drug-likeness (QED) is 0.710. The molecule has 106 valence electrons. The molecule has 0 spiro atoms. The lowest BCUT2D eigenvalue weighted by Crippen LogP contribution is -1.95. The van der Waals surface area contributed by atoms with Gasteiger partial charge in [0.15, 0.2) is 0 Å². The summed E-state index contributed by atoms with van der Waals surface area (Å²) in [7, 11) is 0. The van der Waals surface area contributed by atoms with Crippen LogP contribution >= 0.6 is 0 Å². The van der Waals surface area contributed by atoms with Gasteiger partial charge in [-0.2, -0.15) is 0 Å². The van der Waals surface area contributed by atoms with Crippen LogP contribution in [0.1, 0.15) is 26.7 Å². The van der Waals surface area contributed by atoms with E-state index in [0.717, 1.165) is 37.6 Å². The first-order chi connectivity index (χ1) is 9.83. The van der Waals surface area contributed by atoms with Crippen LogP contribution in [0, 0.1) is 0 Å². The highest BCUT2D eigenvalue weighted by atomic mass is 16.5. The smallest absolute Gasteiger partial charge is 0.119 e. The Balaban J connectivity index is 2.03. The molecule has 2 heteroatoms. The van der Waals surface area contributed by atoms with E-state index in [1.165, 1.54) is 11.1 Å². The van der Waals surface area contributed by atoms with Gasteiger partial charge in [0.1, 0.15) is 11.5 Å². The van der Waals surface area contributed by atoms with E-state index in [2.05, 4.69) is 38.1 Å². The Bertz CT molecular complexity index is 450. The van der Waals surface area contributed by atoms with Crippen LogP contribution in [0.3, 0.4) is 0 Å². The van der Waals surface area contributed by atoms with Crippen molar-refractivity contribution in [2.45, 2.75) is 26.7 Å². The molecule has 2 rings (SSSR count). The molecule has 0 unspecified atom stereocenters. The molecule has 0 saturated heterocycles. The highest BCUT2D eigenvalue weighted by Crippen LogP contribution is 2.24. The summed E-state index contributed by atoms with van der Waals surface area (Å²) in [4.78, 5) is 0. The van der Waals surface area contributed by atoms with E-state index in [1.807, 2.05) is 24.3 Å². The number of hydrogen-bond donors (Lipinski definition) is 0. The molecular weight excluding hydrogens is 248 g/mol. The van der Waals surface area contributed by atoms with E-state index in [1.54, 1.807) is 0 Å². The Kier molecular flexibility index (Phi) is 5.48. The van der Waals surface area contributed by atoms with Gasteiger partial charge >= 0.3 is 0 Å². The lowest BCUT2D eigenvalue weighted by molar-refractivity contribution is 0.317. The number of benzene rings is 2. The van der Waals surface area contributed by atoms with E-state index in [4.69, 9.17) is 9.47 Å². The van der Waals surface area contributed by atoms with Crippen molar-refractivity contribution in [3.05, 3.63) is 48.5 Å². The van der Waals surface area contributed by atoms with Gasteiger partial charge in [-0.15, -0.1) is 0 Å². The van der Waals surface area contributed by atoms with Gasteiger partial charge in [0, 0.05) is 0 Å². The molecule has 2 nitrogen and oxygen atoms in total. The van der Waals surface area contributed by atoms with Gasteiger partial charge in [-0.1, -0.05) is 38.1 Å². The third-order valence-corrected chi connectivity index (χ3v) is 2.99. The van der Waals surface area contributed by atoms with Crippen molar-refractivity contribution in [1.82, 2.24) is 0 Å². The highest BCUT2D eigenvalue weighted by molar-refractivity contribution is 5.64. The summed E-state index contributed by atoms with van der Waals surface area (Å²) in [6.07, 6.45) is 2.06. The van der Waals surface area contributed by atoms with Gasteiger partial charge in [-0.3, -0.25) is 0 Å². The second-order valence-electron chi connectivity index (χ2n) is 4.75. The maximum Gasteiger partial charge on any atom is 0.119 e. The molecule has 0 aliphatic rings. The molecule has 0 saturated carbocycles. The summed E-state index contributed by atoms with van der Waals surface area (Å²) in [5, 5.41) is 0. The molecule has 0 aromatic heterocycles. The van der Waals surface area contributed by atoms with Crippen LogP contribution in [0.4, 0.5) is 0 Å². The van der Waals surface area contributed by atoms with Crippen molar-refractivity contribution >= 4 is 0 Å². The SMILES string of the molecule is CCCOc1ccc(-c2ccc(OCCC)cc2)cc1. The predicted molar refractivity (Wildman–Crippen MR) is 83.5 cm³/mol. The van der Waals surface area contributed by atoms with Crippen molar-refractivity contribution in [2.75, 3.05) is 13.2 Å². The minimum absolute atomic E-state index is 0.767. The van der Waals surface area contributed by atoms with Crippen molar-refractivity contribution < 1.29 is 9.47 Å². The molecule has 20 heavy (non-hydrogen) atoms. The minimum Gasteiger partial charge on any atom is -0.494 e. The fourth-order valence-corrected chi connectivity index (χ4v) is 1.93. The fourth-order valence-electron chi connectivity index (χ4n) is 1.93. The summed E-state index contributed by atoms with van der Waals surface area (Å²) < 4.78 is 11.2. The predicted octanol–water partition coefficient (Wildman–Crippen LogP) is 4.93. The third-order valence-electron chi connectivity index (χ3n) is 2.99. The molecule has 0 heterocycles. The second kappa shape index (κ2) is 7.59. The van der Waals surface area contributed by atoms with Crippen molar-refractivity contribution in [3.63, 3.8) is 0 Å². The van der Waals surface area contributed by atoms with Crippen molar-refractivity contribution in [1.29, 1.82) is 0 Å². The Morgan fingerprint density at radius 2 is 0.950 bits per heavy atom. The molecule has 0 amide bonds. The average molecular weight is 270 g/mol. The number of hydrogen-bond acceptors (Lipinski definition) is 2. The summed E-state index contributed by atoms with van der Waals surface area (Å²) in [5.74, 6) is 1.86. The summed E-state index contributed by atoms with van der Waals surface area (Å²) >= 11 is 0. The largest absolute Gasteiger partial charge is 0.494 e. The van der Waals surface area contributed by atoms with E-state index in [-0.39, 0.29) is 0 Å². The standard InChI is InChI=1S/C18H22O2/c1-3-13-19-17-9-5-15(6-10-17)16-7-11-18(12-8-16)20-14-4-2/h5-12H,3-4,13-14H2,1-2H3. The summed E-state index contributed by atoms with van der Waals surface area (Å²) in [5.41, 5.74) is 2.38. The molecule has 2 aromatic carbocycles. The first kappa shape index (κ1) is 14.4. The zero-order valence-corrected chi connectivity index (χ0v) is 12.3. The van der Waals surface area contributed by atoms with Crippen molar-refractivity contribution in [3.8, 4) is 22.6 Å². The van der Waals surface area contributed by atoms with Gasteiger partial charge < -0.3 is 9.47 Å². The molecular formula is C18H22O2. The minimum atomic E-state index is 0.767. The van der Waals surface area contributed by atoms with Crippen LogP contribution in [-0.2, 0) is 0 Å². The van der Waals surface area contributed by atoms with Crippen LogP contribution in [0.25, 0.3) is 11.1 Å². The van der Waals surface area contributed by atoms with Gasteiger partial charge in [0.25, 0.3) is 0 Å². The van der Waals surface area contributed by atoms with Crippen LogP contribution in [0.5, 0.6) is 11.5 Å². The maximum atomic E-state index is 5.59. The Hall–Kier alpha value is -1.96. The third kappa shape index (κ3) is 4.02. The Morgan fingerprint density at radius 3 is 1.25 bits per heavy atom. The molecule has 0 bridgehead atoms. The zero-order chi connectivity index (χ0) is 14.2. The maximum absolute atomic E-state index is 5.59. The highest BCUT2D eigenvalue weighted by Gasteiger charge is 2.00. The zero-order valence-electron chi connectivity index (χ0n) is 12.3. The molecule has 0 N–H and O–H groups in total. The molecule has 0 fully saturated rings. The first-order valence-corrected chi connectivity index (χ1v) is 7.29. The molecule has 0 atom stereocenters. The van der Waals surface area contributed by atoms with E-state index in [0.29, 0.717) is 0 Å². The number of ether oxygens (including phenoxy) is 2. The second-order valence-corrected chi connectivity index (χ2v) is 4.75. The molecule has 0 aliphatic heterocycles. The van der Waals surface area contributed by atoms with Crippen LogP contribution in [0.2, 0.25) is 0 Å². The van der Waals surface area contributed by atoms with Crippen LogP contribution in [-0.4, -0.2) is 13.2 Å². The first-order valence-electron chi connectivity index (χ1n) is 7.29.